The molecule has 0 atom stereocenters. The van der Waals surface area contributed by atoms with Gasteiger partial charge in [0, 0.05) is 0 Å². The lowest BCUT2D eigenvalue weighted by atomic mass is 10.1. The fraction of sp³-hybridized carbons (Fsp3) is 0.0714. The molecule has 0 aliphatic carbocycles. The van der Waals surface area contributed by atoms with Gasteiger partial charge in [0.1, 0.15) is 17.7 Å². The van der Waals surface area contributed by atoms with E-state index in [0.29, 0.717) is 5.56 Å². The van der Waals surface area contributed by atoms with Crippen molar-refractivity contribution in [2.24, 2.45) is 0 Å². The minimum atomic E-state index is -0.00310. The van der Waals surface area contributed by atoms with Crippen LogP contribution >= 0.6 is 0 Å². The molecule has 7 nitrogen and oxygen atoms in total. The quantitative estimate of drug-likeness (QED) is 0.733. The molecule has 21 heavy (non-hydrogen) atoms. The van der Waals surface area contributed by atoms with Crippen LogP contribution in [0.4, 0.5) is 5.82 Å². The van der Waals surface area contributed by atoms with E-state index >= 15 is 0 Å². The number of nitriles is 2. The first kappa shape index (κ1) is 14.0. The molecule has 0 saturated carbocycles. The Morgan fingerprint density at radius 2 is 2.24 bits per heavy atom. The van der Waals surface area contributed by atoms with Crippen LogP contribution in [0.2, 0.25) is 0 Å². The van der Waals surface area contributed by atoms with Crippen LogP contribution in [0, 0.1) is 22.7 Å². The lowest BCUT2D eigenvalue weighted by Crippen LogP contribution is -1.90. The first-order valence-electron chi connectivity index (χ1n) is 5.83. The van der Waals surface area contributed by atoms with Gasteiger partial charge in [-0.05, 0) is 23.8 Å². The molecule has 1 aromatic heterocycles. The number of anilines is 1. The number of allylic oxidation sites excluding steroid dienone is 1. The van der Waals surface area contributed by atoms with Gasteiger partial charge in [-0.25, -0.2) is 0 Å². The van der Waals surface area contributed by atoms with E-state index in [-0.39, 0.29) is 34.1 Å². The highest BCUT2D eigenvalue weighted by atomic mass is 16.5. The van der Waals surface area contributed by atoms with E-state index in [9.17, 15) is 10.4 Å². The molecule has 0 amide bonds. The second-order valence-electron chi connectivity index (χ2n) is 4.07. The molecule has 104 valence electrons. The van der Waals surface area contributed by atoms with E-state index in [1.807, 2.05) is 12.1 Å². The smallest absolute Gasteiger partial charge is 0.163 e. The minimum absolute atomic E-state index is 0.00310. The van der Waals surface area contributed by atoms with E-state index in [2.05, 4.69) is 10.2 Å². The lowest BCUT2D eigenvalue weighted by Gasteiger charge is -2.04. The summed E-state index contributed by atoms with van der Waals surface area (Å²) in [6.07, 6.45) is 1.54. The number of nitrogens with two attached hydrogens (primary N) is 1. The summed E-state index contributed by atoms with van der Waals surface area (Å²) >= 11 is 0. The number of H-pyrrole nitrogens is 1. The van der Waals surface area contributed by atoms with Crippen molar-refractivity contribution in [3.63, 3.8) is 0 Å². The summed E-state index contributed by atoms with van der Waals surface area (Å²) in [6, 6.07) is 8.52. The molecule has 7 heteroatoms. The van der Waals surface area contributed by atoms with Crippen LogP contribution in [0.15, 0.2) is 18.2 Å². The molecule has 2 rings (SSSR count). The number of nitrogens with one attached hydrogen (secondary N) is 1. The number of aromatic hydroxyl groups is 1. The number of rotatable bonds is 3. The second kappa shape index (κ2) is 5.68. The topological polar surface area (TPSA) is 132 Å². The van der Waals surface area contributed by atoms with Crippen LogP contribution < -0.4 is 10.5 Å². The van der Waals surface area contributed by atoms with Crippen molar-refractivity contribution < 1.29 is 9.84 Å². The number of hydrogen-bond donors (Lipinski definition) is 3. The normalized spacial score (nSPS) is 10.7. The average molecular weight is 281 g/mol. The van der Waals surface area contributed by atoms with E-state index in [1.54, 1.807) is 12.1 Å². The monoisotopic (exact) mass is 281 g/mol. The summed E-state index contributed by atoms with van der Waals surface area (Å²) in [5.74, 6) is 0.319. The van der Waals surface area contributed by atoms with E-state index < -0.39 is 0 Å². The van der Waals surface area contributed by atoms with Gasteiger partial charge in [0.25, 0.3) is 0 Å². The van der Waals surface area contributed by atoms with Gasteiger partial charge in [-0.1, -0.05) is 6.07 Å². The number of hydrogen-bond acceptors (Lipinski definition) is 6. The number of nitrogen functional groups attached to an aromatic ring is 1. The number of phenols is 1. The summed E-state index contributed by atoms with van der Waals surface area (Å²) in [7, 11) is 1.43. The average Bonchev–Trinajstić information content (AvgIpc) is 2.87. The highest BCUT2D eigenvalue weighted by Gasteiger charge is 2.14. The van der Waals surface area contributed by atoms with Crippen molar-refractivity contribution >= 4 is 17.5 Å². The molecule has 0 saturated heterocycles. The summed E-state index contributed by atoms with van der Waals surface area (Å²) in [4.78, 5) is 0. The Morgan fingerprint density at radius 3 is 2.86 bits per heavy atom. The maximum Gasteiger partial charge on any atom is 0.163 e. The van der Waals surface area contributed by atoms with Crippen LogP contribution in [0.3, 0.4) is 0 Å². The molecule has 0 spiro atoms. The highest BCUT2D eigenvalue weighted by molar-refractivity contribution is 5.91. The molecule has 0 radical (unpaired) electrons. The first-order chi connectivity index (χ1) is 10.1. The van der Waals surface area contributed by atoms with Crippen molar-refractivity contribution in [3.8, 4) is 23.6 Å². The summed E-state index contributed by atoms with van der Waals surface area (Å²) in [5.41, 5.74) is 6.74. The van der Waals surface area contributed by atoms with Crippen LogP contribution in [0.25, 0.3) is 11.6 Å². The molecule has 0 unspecified atom stereocenters. The van der Waals surface area contributed by atoms with Gasteiger partial charge in [0.15, 0.2) is 17.3 Å². The molecule has 0 fully saturated rings. The molecule has 0 aliphatic rings. The third kappa shape index (κ3) is 2.62. The summed E-state index contributed by atoms with van der Waals surface area (Å²) < 4.78 is 5.00. The van der Waals surface area contributed by atoms with Gasteiger partial charge in [-0.15, -0.1) is 0 Å². The first-order valence-corrected chi connectivity index (χ1v) is 5.83. The SMILES string of the molecule is COc1cc(/C=C(\C#N)c2[nH]nc(N)c2C#N)ccc1O. The van der Waals surface area contributed by atoms with Crippen LogP contribution in [-0.4, -0.2) is 22.4 Å². The number of aromatic amines is 1. The molecule has 0 aliphatic heterocycles. The van der Waals surface area contributed by atoms with Crippen molar-refractivity contribution in [1.82, 2.24) is 10.2 Å². The van der Waals surface area contributed by atoms with Gasteiger partial charge in [0.05, 0.1) is 18.4 Å². The van der Waals surface area contributed by atoms with E-state index in [1.165, 1.54) is 19.3 Å². The molecule has 1 heterocycles. The summed E-state index contributed by atoms with van der Waals surface area (Å²) in [6.45, 7) is 0. The zero-order valence-corrected chi connectivity index (χ0v) is 11.1. The van der Waals surface area contributed by atoms with E-state index in [0.717, 1.165) is 0 Å². The lowest BCUT2D eigenvalue weighted by molar-refractivity contribution is 0.373. The molecular formula is C14H11N5O2. The number of nitrogens with zero attached hydrogens (tertiary/aromatic N) is 3. The second-order valence-corrected chi connectivity index (χ2v) is 4.07. The van der Waals surface area contributed by atoms with Crippen LogP contribution in [0.1, 0.15) is 16.8 Å². The van der Waals surface area contributed by atoms with Gasteiger partial charge < -0.3 is 15.6 Å². The van der Waals surface area contributed by atoms with E-state index in [4.69, 9.17) is 15.7 Å². The van der Waals surface area contributed by atoms with Crippen molar-refractivity contribution in [1.29, 1.82) is 10.5 Å². The number of phenolic OH excluding ortho intramolecular Hbond substituents is 1. The third-order valence-electron chi connectivity index (χ3n) is 2.81. The van der Waals surface area contributed by atoms with Crippen LogP contribution in [-0.2, 0) is 0 Å². The highest BCUT2D eigenvalue weighted by Crippen LogP contribution is 2.29. The van der Waals surface area contributed by atoms with Crippen molar-refractivity contribution in [2.45, 2.75) is 0 Å². The summed E-state index contributed by atoms with van der Waals surface area (Å²) in [5, 5.41) is 34.1. The maximum atomic E-state index is 9.54. The van der Waals surface area contributed by atoms with Gasteiger partial charge >= 0.3 is 0 Å². The number of aromatic nitrogens is 2. The predicted octanol–water partition coefficient (Wildman–Crippen LogP) is 1.64. The van der Waals surface area contributed by atoms with Crippen LogP contribution in [0.5, 0.6) is 11.5 Å². The largest absolute Gasteiger partial charge is 0.504 e. The molecular weight excluding hydrogens is 270 g/mol. The van der Waals surface area contributed by atoms with Gasteiger partial charge in [-0.2, -0.15) is 15.6 Å². The Balaban J connectivity index is 2.52. The molecule has 0 bridgehead atoms. The third-order valence-corrected chi connectivity index (χ3v) is 2.81. The zero-order valence-electron chi connectivity index (χ0n) is 11.1. The fourth-order valence-electron chi connectivity index (χ4n) is 1.78. The minimum Gasteiger partial charge on any atom is -0.504 e. The zero-order chi connectivity index (χ0) is 15.4. The number of ether oxygens (including phenoxy) is 1. The molecule has 4 N–H and O–H groups in total. The molecule has 2 aromatic rings. The Hall–Kier alpha value is -3.45. The Labute approximate surface area is 120 Å². The Kier molecular flexibility index (Phi) is 3.78. The maximum absolute atomic E-state index is 9.54. The van der Waals surface area contributed by atoms with Crippen molar-refractivity contribution in [2.75, 3.05) is 12.8 Å². The van der Waals surface area contributed by atoms with Gasteiger partial charge in [0.2, 0.25) is 0 Å². The number of benzene rings is 1. The standard InChI is InChI=1S/C14H11N5O2/c1-21-12-5-8(2-3-11(12)20)4-9(6-15)13-10(7-16)14(17)19-18-13/h2-5,20H,1H3,(H3,17,18,19)/b9-4+. The Bertz CT molecular complexity index is 793. The fourth-order valence-corrected chi connectivity index (χ4v) is 1.78. The number of methoxy groups -OCH3 is 1. The van der Waals surface area contributed by atoms with Crippen molar-refractivity contribution in [3.05, 3.63) is 35.0 Å². The Morgan fingerprint density at radius 1 is 1.48 bits per heavy atom. The molecule has 1 aromatic carbocycles. The predicted molar refractivity (Wildman–Crippen MR) is 75.9 cm³/mol. The van der Waals surface area contributed by atoms with Gasteiger partial charge in [-0.3, -0.25) is 5.10 Å².